The molecule has 1 aromatic rings. The highest BCUT2D eigenvalue weighted by molar-refractivity contribution is 7.87. The predicted molar refractivity (Wildman–Crippen MR) is 71.5 cm³/mol. The Morgan fingerprint density at radius 2 is 2.11 bits per heavy atom. The van der Waals surface area contributed by atoms with Crippen LogP contribution in [0.4, 0.5) is 0 Å². The van der Waals surface area contributed by atoms with Crippen molar-refractivity contribution in [3.8, 4) is 0 Å². The lowest BCUT2D eigenvalue weighted by Crippen LogP contribution is -2.48. The second-order valence-corrected chi connectivity index (χ2v) is 7.10. The fraction of sp³-hybridized carbons (Fsp3) is 0.818. The van der Waals surface area contributed by atoms with Gasteiger partial charge in [-0.15, -0.1) is 0 Å². The molecule has 1 aliphatic rings. The molecule has 1 fully saturated rings. The summed E-state index contributed by atoms with van der Waals surface area (Å²) < 4.78 is 28.5. The van der Waals surface area contributed by atoms with Crippen molar-refractivity contribution in [3.05, 3.63) is 12.2 Å². The van der Waals surface area contributed by atoms with Crippen LogP contribution in [0.15, 0.2) is 6.33 Å². The van der Waals surface area contributed by atoms with Gasteiger partial charge in [0.15, 0.2) is 0 Å². The smallest absolute Gasteiger partial charge is 0.263 e. The Balaban J connectivity index is 1.87. The van der Waals surface area contributed by atoms with Crippen LogP contribution in [0.5, 0.6) is 0 Å². The van der Waals surface area contributed by atoms with Crippen LogP contribution < -0.4 is 4.72 Å². The molecule has 2 atom stereocenters. The quantitative estimate of drug-likeness (QED) is 0.807. The first-order valence-corrected chi connectivity index (χ1v) is 8.00. The zero-order chi connectivity index (χ0) is 13.9. The molecule has 1 saturated heterocycles. The summed E-state index contributed by atoms with van der Waals surface area (Å²) in [6.45, 7) is 5.71. The van der Waals surface area contributed by atoms with E-state index in [0.29, 0.717) is 43.7 Å². The first kappa shape index (κ1) is 14.4. The highest BCUT2D eigenvalue weighted by Gasteiger charge is 2.29. The molecule has 7 nitrogen and oxygen atoms in total. The van der Waals surface area contributed by atoms with Gasteiger partial charge < -0.3 is 0 Å². The van der Waals surface area contributed by atoms with Gasteiger partial charge in [-0.2, -0.15) is 17.8 Å². The standard InChI is InChI=1S/C11H21N5O2S/c1-9-5-10(2)7-16(6-9)19(17,18)14-4-3-11-12-8-13-15-11/h8-10,14H,3-7H2,1-2H3,(H,12,13,15). The van der Waals surface area contributed by atoms with Crippen LogP contribution in [-0.4, -0.2) is 47.5 Å². The molecule has 0 amide bonds. The van der Waals surface area contributed by atoms with E-state index < -0.39 is 10.2 Å². The van der Waals surface area contributed by atoms with Crippen LogP contribution in [0.2, 0.25) is 0 Å². The third-order valence-electron chi connectivity index (χ3n) is 3.29. The second-order valence-electron chi connectivity index (χ2n) is 5.34. The van der Waals surface area contributed by atoms with Gasteiger partial charge in [0, 0.05) is 26.1 Å². The van der Waals surface area contributed by atoms with Crippen molar-refractivity contribution in [2.24, 2.45) is 11.8 Å². The molecule has 2 heterocycles. The van der Waals surface area contributed by atoms with Crippen LogP contribution in [0, 0.1) is 11.8 Å². The van der Waals surface area contributed by atoms with E-state index >= 15 is 0 Å². The number of aromatic amines is 1. The number of piperidine rings is 1. The van der Waals surface area contributed by atoms with Crippen molar-refractivity contribution < 1.29 is 8.42 Å². The van der Waals surface area contributed by atoms with Crippen molar-refractivity contribution in [2.75, 3.05) is 19.6 Å². The molecule has 2 N–H and O–H groups in total. The van der Waals surface area contributed by atoms with Gasteiger partial charge in [-0.3, -0.25) is 5.10 Å². The van der Waals surface area contributed by atoms with Gasteiger partial charge >= 0.3 is 0 Å². The molecule has 0 aromatic carbocycles. The first-order valence-electron chi connectivity index (χ1n) is 6.56. The molecule has 8 heteroatoms. The van der Waals surface area contributed by atoms with Gasteiger partial charge in [-0.25, -0.2) is 9.71 Å². The third kappa shape index (κ3) is 3.99. The molecule has 0 radical (unpaired) electrons. The van der Waals surface area contributed by atoms with Crippen molar-refractivity contribution in [3.63, 3.8) is 0 Å². The summed E-state index contributed by atoms with van der Waals surface area (Å²) in [7, 11) is -3.38. The van der Waals surface area contributed by atoms with Gasteiger partial charge in [0.25, 0.3) is 10.2 Å². The van der Waals surface area contributed by atoms with Crippen molar-refractivity contribution >= 4 is 10.2 Å². The van der Waals surface area contributed by atoms with Gasteiger partial charge in [0.05, 0.1) is 0 Å². The summed E-state index contributed by atoms with van der Waals surface area (Å²) in [5, 5.41) is 6.43. The van der Waals surface area contributed by atoms with Crippen LogP contribution >= 0.6 is 0 Å². The fourth-order valence-corrected chi connectivity index (χ4v) is 3.99. The van der Waals surface area contributed by atoms with Gasteiger partial charge in [0.2, 0.25) is 0 Å². The molecule has 2 unspecified atom stereocenters. The lowest BCUT2D eigenvalue weighted by Gasteiger charge is -2.33. The molecule has 0 saturated carbocycles. The van der Waals surface area contributed by atoms with Gasteiger partial charge in [0.1, 0.15) is 12.2 Å². The fourth-order valence-electron chi connectivity index (χ4n) is 2.54. The maximum absolute atomic E-state index is 12.2. The zero-order valence-corrected chi connectivity index (χ0v) is 12.2. The number of hydrogen-bond donors (Lipinski definition) is 2. The highest BCUT2D eigenvalue weighted by atomic mass is 32.2. The molecular formula is C11H21N5O2S. The van der Waals surface area contributed by atoms with Crippen LogP contribution in [0.3, 0.4) is 0 Å². The minimum atomic E-state index is -3.38. The maximum Gasteiger partial charge on any atom is 0.279 e. The summed E-state index contributed by atoms with van der Waals surface area (Å²) in [6.07, 6.45) is 3.01. The van der Waals surface area contributed by atoms with E-state index in [1.807, 2.05) is 0 Å². The molecule has 2 rings (SSSR count). The number of H-pyrrole nitrogens is 1. The Hall–Kier alpha value is -0.990. The normalized spacial score (nSPS) is 25.6. The molecule has 108 valence electrons. The van der Waals surface area contributed by atoms with Crippen molar-refractivity contribution in [1.82, 2.24) is 24.2 Å². The Morgan fingerprint density at radius 3 is 2.68 bits per heavy atom. The number of aromatic nitrogens is 3. The van der Waals surface area contributed by atoms with Crippen LogP contribution in [0.1, 0.15) is 26.1 Å². The SMILES string of the molecule is CC1CC(C)CN(S(=O)(=O)NCCc2ncn[nH]2)C1. The summed E-state index contributed by atoms with van der Waals surface area (Å²) in [5.74, 6) is 1.51. The molecule has 0 aliphatic carbocycles. The number of rotatable bonds is 5. The predicted octanol–water partition coefficient (Wildman–Crippen LogP) is 0.160. The number of nitrogens with zero attached hydrogens (tertiary/aromatic N) is 3. The van der Waals surface area contributed by atoms with Crippen LogP contribution in [-0.2, 0) is 16.6 Å². The summed E-state index contributed by atoms with van der Waals surface area (Å²) in [6, 6.07) is 0. The monoisotopic (exact) mass is 287 g/mol. The first-order chi connectivity index (χ1) is 8.97. The zero-order valence-electron chi connectivity index (χ0n) is 11.3. The van der Waals surface area contributed by atoms with E-state index in [2.05, 4.69) is 33.8 Å². The molecule has 19 heavy (non-hydrogen) atoms. The molecular weight excluding hydrogens is 266 g/mol. The lowest BCUT2D eigenvalue weighted by molar-refractivity contribution is 0.220. The molecule has 0 bridgehead atoms. The Bertz CT molecular complexity index is 477. The minimum absolute atomic E-state index is 0.330. The van der Waals surface area contributed by atoms with Gasteiger partial charge in [-0.05, 0) is 18.3 Å². The Labute approximate surface area is 114 Å². The second kappa shape index (κ2) is 5.98. The lowest BCUT2D eigenvalue weighted by atomic mass is 9.94. The summed E-state index contributed by atoms with van der Waals surface area (Å²) >= 11 is 0. The largest absolute Gasteiger partial charge is 0.279 e. The topological polar surface area (TPSA) is 91.0 Å². The summed E-state index contributed by atoms with van der Waals surface area (Å²) in [4.78, 5) is 3.96. The van der Waals surface area contributed by atoms with E-state index in [-0.39, 0.29) is 0 Å². The van der Waals surface area contributed by atoms with Gasteiger partial charge in [-0.1, -0.05) is 13.8 Å². The van der Waals surface area contributed by atoms with E-state index in [9.17, 15) is 8.42 Å². The highest BCUT2D eigenvalue weighted by Crippen LogP contribution is 2.22. The van der Waals surface area contributed by atoms with E-state index in [1.54, 1.807) is 4.31 Å². The molecule has 0 spiro atoms. The number of hydrogen-bond acceptors (Lipinski definition) is 4. The molecule has 1 aromatic heterocycles. The third-order valence-corrected chi connectivity index (χ3v) is 4.83. The average molecular weight is 287 g/mol. The maximum atomic E-state index is 12.2. The van der Waals surface area contributed by atoms with E-state index in [4.69, 9.17) is 0 Å². The average Bonchev–Trinajstić information content (AvgIpc) is 2.80. The van der Waals surface area contributed by atoms with Crippen LogP contribution in [0.25, 0.3) is 0 Å². The van der Waals surface area contributed by atoms with Crippen molar-refractivity contribution in [1.29, 1.82) is 0 Å². The minimum Gasteiger partial charge on any atom is -0.263 e. The Kier molecular flexibility index (Phi) is 4.54. The Morgan fingerprint density at radius 1 is 1.42 bits per heavy atom. The van der Waals surface area contributed by atoms with E-state index in [0.717, 1.165) is 6.42 Å². The summed E-state index contributed by atoms with van der Waals surface area (Å²) in [5.41, 5.74) is 0. The van der Waals surface area contributed by atoms with Crippen molar-refractivity contribution in [2.45, 2.75) is 26.7 Å². The number of nitrogens with one attached hydrogen (secondary N) is 2. The molecule has 1 aliphatic heterocycles. The van der Waals surface area contributed by atoms with E-state index in [1.165, 1.54) is 6.33 Å².